The van der Waals surface area contributed by atoms with Crippen molar-refractivity contribution in [1.82, 2.24) is 9.73 Å². The molecule has 0 unspecified atom stereocenters. The van der Waals surface area contributed by atoms with Crippen molar-refractivity contribution >= 4 is 44.7 Å². The van der Waals surface area contributed by atoms with Crippen molar-refractivity contribution in [3.05, 3.63) is 63.2 Å². The van der Waals surface area contributed by atoms with Gasteiger partial charge in [-0.3, -0.25) is 4.79 Å². The largest absolute Gasteiger partial charge is 0.272 e. The molecule has 1 N–H and O–H groups in total. The van der Waals surface area contributed by atoms with E-state index in [0.29, 0.717) is 0 Å². The minimum Gasteiger partial charge on any atom is -0.272 e. The number of hydrogen-bond acceptors (Lipinski definition) is 4. The number of carbonyl (C=O) groups is 1. The molecule has 2 aromatic rings. The molecule has 0 aromatic heterocycles. The molecule has 0 spiro atoms. The van der Waals surface area contributed by atoms with Crippen LogP contribution in [0.25, 0.3) is 0 Å². The number of nitrogens with one attached hydrogen (secondary N) is 1. The number of rotatable bonds is 6. The van der Waals surface area contributed by atoms with E-state index in [4.69, 9.17) is 0 Å². The van der Waals surface area contributed by atoms with Gasteiger partial charge in [-0.15, -0.1) is 0 Å². The van der Waals surface area contributed by atoms with Crippen molar-refractivity contribution in [1.29, 1.82) is 0 Å². The van der Waals surface area contributed by atoms with E-state index in [1.807, 2.05) is 31.2 Å². The number of aryl methyl sites for hydroxylation is 1. The fraction of sp³-hybridized carbons (Fsp3) is 0.176. The lowest BCUT2D eigenvalue weighted by molar-refractivity contribution is -0.121. The van der Waals surface area contributed by atoms with Crippen LogP contribution >= 0.6 is 22.6 Å². The lowest BCUT2D eigenvalue weighted by Gasteiger charge is -2.16. The van der Waals surface area contributed by atoms with E-state index in [0.717, 1.165) is 19.0 Å². The van der Waals surface area contributed by atoms with Crippen LogP contribution in [0.2, 0.25) is 0 Å². The second kappa shape index (κ2) is 8.54. The zero-order chi connectivity index (χ0) is 18.4. The Morgan fingerprint density at radius 1 is 1.20 bits per heavy atom. The maximum absolute atomic E-state index is 12.4. The molecule has 8 heteroatoms. The SMILES string of the molecule is Cc1ccc(S(=O)(=O)N(C)CC(=O)N/N=C/c2ccccc2I)cc1. The molecule has 2 rings (SSSR count). The third-order valence-electron chi connectivity index (χ3n) is 3.39. The second-order valence-corrected chi connectivity index (χ2v) is 8.60. The van der Waals surface area contributed by atoms with Crippen LogP contribution in [-0.4, -0.2) is 38.4 Å². The second-order valence-electron chi connectivity index (χ2n) is 5.39. The standard InChI is InChI=1S/C17H18IN3O3S/c1-13-7-9-15(10-8-13)25(23,24)21(2)12-17(22)20-19-11-14-5-3-4-6-16(14)18/h3-11H,12H2,1-2H3,(H,20,22)/b19-11+. The maximum atomic E-state index is 12.4. The van der Waals surface area contributed by atoms with Crippen LogP contribution in [0.1, 0.15) is 11.1 Å². The molecule has 0 aliphatic rings. The topological polar surface area (TPSA) is 78.8 Å². The smallest absolute Gasteiger partial charge is 0.255 e. The lowest BCUT2D eigenvalue weighted by Crippen LogP contribution is -2.36. The van der Waals surface area contributed by atoms with Crippen molar-refractivity contribution in [3.8, 4) is 0 Å². The molecular weight excluding hydrogens is 453 g/mol. The highest BCUT2D eigenvalue weighted by atomic mass is 127. The highest BCUT2D eigenvalue weighted by Gasteiger charge is 2.22. The first-order chi connectivity index (χ1) is 11.8. The summed E-state index contributed by atoms with van der Waals surface area (Å²) in [4.78, 5) is 12.1. The van der Waals surface area contributed by atoms with Crippen LogP contribution in [0, 0.1) is 10.5 Å². The average Bonchev–Trinajstić information content (AvgIpc) is 2.57. The molecule has 0 aliphatic heterocycles. The summed E-state index contributed by atoms with van der Waals surface area (Å²) >= 11 is 2.17. The van der Waals surface area contributed by atoms with Gasteiger partial charge >= 0.3 is 0 Å². The zero-order valence-corrected chi connectivity index (χ0v) is 16.8. The van der Waals surface area contributed by atoms with Crippen LogP contribution in [-0.2, 0) is 14.8 Å². The van der Waals surface area contributed by atoms with Gasteiger partial charge in [0.05, 0.1) is 17.7 Å². The molecule has 6 nitrogen and oxygen atoms in total. The molecule has 0 radical (unpaired) electrons. The van der Waals surface area contributed by atoms with E-state index in [-0.39, 0.29) is 11.4 Å². The van der Waals surface area contributed by atoms with Gasteiger partial charge in [0, 0.05) is 16.2 Å². The van der Waals surface area contributed by atoms with Gasteiger partial charge in [-0.05, 0) is 47.7 Å². The molecule has 2 aromatic carbocycles. The van der Waals surface area contributed by atoms with E-state index in [2.05, 4.69) is 33.1 Å². The van der Waals surface area contributed by atoms with Crippen LogP contribution in [0.4, 0.5) is 0 Å². The Balaban J connectivity index is 1.97. The Hall–Kier alpha value is -1.78. The number of benzene rings is 2. The molecule has 0 fully saturated rings. The molecule has 0 aliphatic carbocycles. The Kier molecular flexibility index (Phi) is 6.68. The highest BCUT2D eigenvalue weighted by molar-refractivity contribution is 14.1. The van der Waals surface area contributed by atoms with Gasteiger partial charge in [0.2, 0.25) is 10.0 Å². The van der Waals surface area contributed by atoms with Crippen molar-refractivity contribution in [2.45, 2.75) is 11.8 Å². The highest BCUT2D eigenvalue weighted by Crippen LogP contribution is 2.14. The van der Waals surface area contributed by atoms with E-state index < -0.39 is 15.9 Å². The number of sulfonamides is 1. The number of carbonyl (C=O) groups excluding carboxylic acids is 1. The van der Waals surface area contributed by atoms with Crippen LogP contribution < -0.4 is 5.43 Å². The number of hydrazone groups is 1. The van der Waals surface area contributed by atoms with Crippen molar-refractivity contribution in [3.63, 3.8) is 0 Å². The first-order valence-corrected chi connectivity index (χ1v) is 9.92. The van der Waals surface area contributed by atoms with Crippen molar-refractivity contribution in [2.24, 2.45) is 5.10 Å². The summed E-state index contributed by atoms with van der Waals surface area (Å²) in [6.45, 7) is 1.55. The normalized spacial score (nSPS) is 11.8. The molecule has 25 heavy (non-hydrogen) atoms. The molecule has 0 saturated heterocycles. The average molecular weight is 471 g/mol. The van der Waals surface area contributed by atoms with E-state index in [1.165, 1.54) is 25.4 Å². The molecule has 0 bridgehead atoms. The van der Waals surface area contributed by atoms with Gasteiger partial charge in [0.15, 0.2) is 0 Å². The Morgan fingerprint density at radius 2 is 1.84 bits per heavy atom. The Bertz CT molecular complexity index is 880. The van der Waals surface area contributed by atoms with Gasteiger partial charge in [0.25, 0.3) is 5.91 Å². The fourth-order valence-corrected chi connectivity index (χ4v) is 3.62. The summed E-state index contributed by atoms with van der Waals surface area (Å²) in [5.74, 6) is -0.514. The molecule has 0 saturated carbocycles. The minimum absolute atomic E-state index is 0.149. The van der Waals surface area contributed by atoms with Crippen LogP contribution in [0.15, 0.2) is 58.5 Å². The van der Waals surface area contributed by atoms with E-state index in [9.17, 15) is 13.2 Å². The summed E-state index contributed by atoms with van der Waals surface area (Å²) in [6, 6.07) is 14.0. The minimum atomic E-state index is -3.72. The van der Waals surface area contributed by atoms with Gasteiger partial charge in [-0.2, -0.15) is 9.41 Å². The number of likely N-dealkylation sites (N-methyl/N-ethyl adjacent to an activating group) is 1. The van der Waals surface area contributed by atoms with Gasteiger partial charge < -0.3 is 0 Å². The van der Waals surface area contributed by atoms with E-state index >= 15 is 0 Å². The third-order valence-corrected chi connectivity index (χ3v) is 6.19. The van der Waals surface area contributed by atoms with E-state index in [1.54, 1.807) is 12.1 Å². The number of nitrogens with zero attached hydrogens (tertiary/aromatic N) is 2. The first-order valence-electron chi connectivity index (χ1n) is 7.40. The summed E-state index contributed by atoms with van der Waals surface area (Å²) < 4.78 is 26.8. The molecule has 0 heterocycles. The molecule has 1 amide bonds. The third kappa shape index (κ3) is 5.35. The number of hydrogen-bond donors (Lipinski definition) is 1. The fourth-order valence-electron chi connectivity index (χ4n) is 1.97. The van der Waals surface area contributed by atoms with Crippen LogP contribution in [0.5, 0.6) is 0 Å². The van der Waals surface area contributed by atoms with Crippen LogP contribution in [0.3, 0.4) is 0 Å². The molecule has 132 valence electrons. The summed E-state index contributed by atoms with van der Waals surface area (Å²) in [5.41, 5.74) is 4.17. The predicted molar refractivity (Wildman–Crippen MR) is 106 cm³/mol. The molecule has 0 atom stereocenters. The predicted octanol–water partition coefficient (Wildman–Crippen LogP) is 2.37. The number of amides is 1. The van der Waals surface area contributed by atoms with Crippen molar-refractivity contribution in [2.75, 3.05) is 13.6 Å². The maximum Gasteiger partial charge on any atom is 0.255 e. The van der Waals surface area contributed by atoms with Gasteiger partial charge in [0.1, 0.15) is 0 Å². The van der Waals surface area contributed by atoms with Gasteiger partial charge in [-0.1, -0.05) is 35.9 Å². The summed E-state index contributed by atoms with van der Waals surface area (Å²) in [7, 11) is -2.36. The zero-order valence-electron chi connectivity index (χ0n) is 13.8. The Labute approximate surface area is 161 Å². The van der Waals surface area contributed by atoms with Crippen molar-refractivity contribution < 1.29 is 13.2 Å². The lowest BCUT2D eigenvalue weighted by atomic mass is 10.2. The quantitative estimate of drug-likeness (QED) is 0.399. The summed E-state index contributed by atoms with van der Waals surface area (Å²) in [6.07, 6.45) is 1.52. The molecular formula is C17H18IN3O3S. The Morgan fingerprint density at radius 3 is 2.48 bits per heavy atom. The summed E-state index contributed by atoms with van der Waals surface area (Å²) in [5, 5.41) is 3.87. The first kappa shape index (κ1) is 19.5. The number of halogens is 1. The monoisotopic (exact) mass is 471 g/mol. The van der Waals surface area contributed by atoms with Gasteiger partial charge in [-0.25, -0.2) is 13.8 Å².